The van der Waals surface area contributed by atoms with Gasteiger partial charge in [0.1, 0.15) is 0 Å². The van der Waals surface area contributed by atoms with E-state index in [4.69, 9.17) is 9.97 Å². The molecule has 2 aromatic heterocycles. The zero-order valence-electron chi connectivity index (χ0n) is 21.0. The number of hydrogen-bond acceptors (Lipinski definition) is 2. The molecule has 182 valence electrons. The summed E-state index contributed by atoms with van der Waals surface area (Å²) in [5.41, 5.74) is 13.2. The number of fused-ring (bicyclic) bond motifs is 10. The number of rotatable bonds is 0. The predicted molar refractivity (Wildman–Crippen MR) is 150 cm³/mol. The summed E-state index contributed by atoms with van der Waals surface area (Å²) in [5.74, 6) is 0. The van der Waals surface area contributed by atoms with Gasteiger partial charge < -0.3 is 4.98 Å². The van der Waals surface area contributed by atoms with Gasteiger partial charge in [0.25, 0.3) is 0 Å². The normalized spacial score (nSPS) is 12.0. The molecule has 1 aliphatic heterocycles. The van der Waals surface area contributed by atoms with Crippen molar-refractivity contribution in [2.45, 2.75) is 37.6 Å². The zero-order valence-corrected chi connectivity index (χ0v) is 23.9. The Morgan fingerprint density at radius 3 is 2.00 bits per heavy atom. The molecule has 0 atom stereocenters. The van der Waals surface area contributed by atoms with E-state index in [1.165, 1.54) is 33.0 Å². The number of benzene rings is 4. The van der Waals surface area contributed by atoms with Gasteiger partial charge in [0, 0.05) is 5.69 Å². The molecule has 0 amide bonds. The second-order valence-corrected chi connectivity index (χ2v) is 10.8. The maximum absolute atomic E-state index is 5.23. The monoisotopic (exact) mass is 676 g/mol. The van der Waals surface area contributed by atoms with E-state index < -0.39 is 0 Å². The van der Waals surface area contributed by atoms with E-state index in [0.29, 0.717) is 0 Å². The second-order valence-electron chi connectivity index (χ2n) is 9.70. The minimum atomic E-state index is 0. The van der Waals surface area contributed by atoms with Crippen molar-refractivity contribution < 1.29 is 22.4 Å². The topological polar surface area (TPSA) is 27.0 Å². The van der Waals surface area contributed by atoms with Crippen molar-refractivity contribution in [3.8, 4) is 33.5 Å². The van der Waals surface area contributed by atoms with Crippen LogP contribution in [0.4, 0.5) is 0 Å². The first-order chi connectivity index (χ1) is 17.5. The fourth-order valence-corrected chi connectivity index (χ4v) is 6.42. The first-order valence-electron chi connectivity index (χ1n) is 12.2. The number of aromatic nitrogens is 2. The third-order valence-electron chi connectivity index (χ3n) is 7.21. The molecule has 2 nitrogen and oxygen atoms in total. The number of aryl methyl sites for hydroxylation is 4. The molecule has 0 unspecified atom stereocenters. The quantitative estimate of drug-likeness (QED) is 0.119. The SMILES string of the molecule is Cc1cc(C)c2[c-]c1-c1cccc(n1)Sc1cccc3c1[n-]c1c(cccc13)-c1[c-]c-2c(C)cc1C.[Au+3]. The van der Waals surface area contributed by atoms with Gasteiger partial charge in [-0.05, 0) is 27.8 Å². The molecule has 3 heterocycles. The van der Waals surface area contributed by atoms with Gasteiger partial charge in [0.05, 0.1) is 5.03 Å². The summed E-state index contributed by atoms with van der Waals surface area (Å²) in [6, 6.07) is 31.3. The van der Waals surface area contributed by atoms with Crippen LogP contribution in [0.1, 0.15) is 22.3 Å². The smallest absolute Gasteiger partial charge is 0.662 e. The van der Waals surface area contributed by atoms with E-state index in [2.05, 4.69) is 107 Å². The number of para-hydroxylation sites is 2. The summed E-state index contributed by atoms with van der Waals surface area (Å²) in [7, 11) is 0. The molecule has 0 saturated carbocycles. The summed E-state index contributed by atoms with van der Waals surface area (Å²) >= 11 is 1.67. The largest absolute Gasteiger partial charge is 3.00 e. The maximum Gasteiger partial charge on any atom is 3.00 e. The van der Waals surface area contributed by atoms with Gasteiger partial charge in [-0.2, -0.15) is 28.8 Å². The fourth-order valence-electron chi connectivity index (χ4n) is 5.50. The van der Waals surface area contributed by atoms with E-state index in [9.17, 15) is 0 Å². The molecular weight excluding hydrogens is 653 g/mol. The molecule has 0 fully saturated rings. The van der Waals surface area contributed by atoms with Crippen LogP contribution in [0.2, 0.25) is 0 Å². The average Bonchev–Trinajstić information content (AvgIpc) is 3.25. The van der Waals surface area contributed by atoms with Crippen molar-refractivity contribution in [2.24, 2.45) is 0 Å². The molecule has 0 aliphatic carbocycles. The fraction of sp³-hybridized carbons (Fsp3) is 0.121. The standard InChI is InChI=1S/C33H23N2S.Au/c1-18-14-19(2)26-16-25(18)24-9-5-8-22-23-10-6-12-30(33(23)35-32(22)24)36-31-13-7-11-29(34-31)28-17-27(26)20(3)15-21(28)4;/h5-15H,1-4H3;/q-3;+3. The number of nitrogens with zero attached hydrogens (tertiary/aromatic N) is 2. The molecule has 0 radical (unpaired) electrons. The van der Waals surface area contributed by atoms with Gasteiger partial charge in [0.15, 0.2) is 0 Å². The van der Waals surface area contributed by atoms with Crippen molar-refractivity contribution in [1.82, 2.24) is 9.97 Å². The molecule has 0 saturated heterocycles. The Balaban J connectivity index is 0.00000252. The average molecular weight is 677 g/mol. The summed E-state index contributed by atoms with van der Waals surface area (Å²) in [6.45, 7) is 8.65. The first kappa shape index (κ1) is 24.3. The molecule has 4 heteroatoms. The Bertz CT molecular complexity index is 1870. The summed E-state index contributed by atoms with van der Waals surface area (Å²) in [5, 5.41) is 3.31. The molecule has 6 aromatic rings. The first-order valence-corrected chi connectivity index (χ1v) is 13.0. The van der Waals surface area contributed by atoms with E-state index >= 15 is 0 Å². The van der Waals surface area contributed by atoms with Gasteiger partial charge in [-0.15, -0.1) is 51.0 Å². The van der Waals surface area contributed by atoms with Crippen LogP contribution in [0.5, 0.6) is 0 Å². The van der Waals surface area contributed by atoms with Crippen LogP contribution < -0.4 is 4.98 Å². The number of hydrogen-bond donors (Lipinski definition) is 0. The third-order valence-corrected chi connectivity index (χ3v) is 8.19. The van der Waals surface area contributed by atoms with E-state index in [0.717, 1.165) is 54.5 Å². The van der Waals surface area contributed by atoms with Gasteiger partial charge in [-0.3, -0.25) is 4.98 Å². The number of pyridine rings is 1. The van der Waals surface area contributed by atoms with Crippen LogP contribution in [0.25, 0.3) is 55.3 Å². The van der Waals surface area contributed by atoms with Crippen molar-refractivity contribution >= 4 is 33.6 Å². The van der Waals surface area contributed by atoms with Gasteiger partial charge in [-0.25, -0.2) is 0 Å². The predicted octanol–water partition coefficient (Wildman–Crippen LogP) is 8.64. The van der Waals surface area contributed by atoms with E-state index in [-0.39, 0.29) is 22.4 Å². The maximum atomic E-state index is 5.23. The van der Waals surface area contributed by atoms with Crippen molar-refractivity contribution in [1.29, 1.82) is 0 Å². The van der Waals surface area contributed by atoms with Crippen LogP contribution in [-0.4, -0.2) is 4.98 Å². The van der Waals surface area contributed by atoms with Gasteiger partial charge in [0.2, 0.25) is 0 Å². The second kappa shape index (κ2) is 9.04. The molecule has 4 aromatic carbocycles. The molecule has 0 N–H and O–H groups in total. The van der Waals surface area contributed by atoms with Crippen LogP contribution in [0.3, 0.4) is 0 Å². The minimum absolute atomic E-state index is 0. The summed E-state index contributed by atoms with van der Waals surface area (Å²) in [4.78, 5) is 11.4. The Labute approximate surface area is 237 Å². The van der Waals surface area contributed by atoms with Crippen molar-refractivity contribution in [2.75, 3.05) is 0 Å². The Kier molecular flexibility index (Phi) is 5.93. The summed E-state index contributed by atoms with van der Waals surface area (Å²) in [6.07, 6.45) is 0. The van der Waals surface area contributed by atoms with Crippen molar-refractivity contribution in [3.05, 3.63) is 101 Å². The zero-order chi connectivity index (χ0) is 24.6. The summed E-state index contributed by atoms with van der Waals surface area (Å²) < 4.78 is 0. The molecule has 0 spiro atoms. The molecule has 1 aliphatic rings. The Hall–Kier alpha value is -3.08. The van der Waals surface area contributed by atoms with E-state index in [1.54, 1.807) is 11.8 Å². The Morgan fingerprint density at radius 1 is 0.649 bits per heavy atom. The van der Waals surface area contributed by atoms with E-state index in [1.807, 2.05) is 0 Å². The van der Waals surface area contributed by atoms with Crippen LogP contribution in [-0.2, 0) is 22.4 Å². The minimum Gasteiger partial charge on any atom is -0.662 e. The van der Waals surface area contributed by atoms with Gasteiger partial charge in [-0.1, -0.05) is 87.5 Å². The van der Waals surface area contributed by atoms with Crippen molar-refractivity contribution in [3.63, 3.8) is 0 Å². The van der Waals surface area contributed by atoms with Crippen LogP contribution >= 0.6 is 11.8 Å². The van der Waals surface area contributed by atoms with Crippen LogP contribution in [0, 0.1) is 39.8 Å². The van der Waals surface area contributed by atoms with Gasteiger partial charge >= 0.3 is 22.4 Å². The molecule has 37 heavy (non-hydrogen) atoms. The third kappa shape index (κ3) is 3.81. The molecular formula is C33H23AuN2S. The Morgan fingerprint density at radius 2 is 1.24 bits per heavy atom. The molecule has 8 bridgehead atoms. The van der Waals surface area contributed by atoms with Crippen LogP contribution in [0.15, 0.2) is 76.7 Å². The molecule has 7 rings (SSSR count).